The summed E-state index contributed by atoms with van der Waals surface area (Å²) in [4.78, 5) is 16.0. The van der Waals surface area contributed by atoms with Crippen molar-refractivity contribution in [3.05, 3.63) is 42.0 Å². The van der Waals surface area contributed by atoms with Crippen LogP contribution in [-0.2, 0) is 6.54 Å². The molecule has 0 aliphatic rings. The van der Waals surface area contributed by atoms with Crippen LogP contribution in [0.1, 0.15) is 29.4 Å². The molecule has 0 amide bonds. The van der Waals surface area contributed by atoms with Crippen molar-refractivity contribution in [2.24, 2.45) is 0 Å². The topological polar surface area (TPSA) is 60.7 Å². The highest BCUT2D eigenvalue weighted by molar-refractivity contribution is 6.07. The summed E-state index contributed by atoms with van der Waals surface area (Å²) in [6.07, 6.45) is 5.61. The Morgan fingerprint density at radius 3 is 2.81 bits per heavy atom. The molecular formula is C11H12N4O. The van der Waals surface area contributed by atoms with Crippen molar-refractivity contribution in [2.45, 2.75) is 19.9 Å². The van der Waals surface area contributed by atoms with Gasteiger partial charge in [0, 0.05) is 24.5 Å². The second-order valence-electron chi connectivity index (χ2n) is 3.41. The van der Waals surface area contributed by atoms with Crippen LogP contribution >= 0.6 is 0 Å². The zero-order valence-electron chi connectivity index (χ0n) is 9.00. The first-order chi connectivity index (χ1) is 7.83. The predicted octanol–water partition coefficient (Wildman–Crippen LogP) is 1.31. The van der Waals surface area contributed by atoms with E-state index < -0.39 is 0 Å². The first-order valence-electron chi connectivity index (χ1n) is 5.16. The highest BCUT2D eigenvalue weighted by Gasteiger charge is 2.14. The van der Waals surface area contributed by atoms with Crippen LogP contribution in [0.4, 0.5) is 0 Å². The number of ketones is 1. The monoisotopic (exact) mass is 216 g/mol. The fourth-order valence-corrected chi connectivity index (χ4v) is 1.46. The molecule has 2 aromatic heterocycles. The summed E-state index contributed by atoms with van der Waals surface area (Å²) < 4.78 is 1.63. The molecule has 5 heteroatoms. The molecule has 0 radical (unpaired) electrons. The van der Waals surface area contributed by atoms with Crippen LogP contribution < -0.4 is 0 Å². The van der Waals surface area contributed by atoms with E-state index in [1.54, 1.807) is 29.2 Å². The molecule has 0 unspecified atom stereocenters. The van der Waals surface area contributed by atoms with E-state index in [2.05, 4.69) is 15.3 Å². The number of hydrogen-bond acceptors (Lipinski definition) is 4. The van der Waals surface area contributed by atoms with Gasteiger partial charge in [-0.05, 0) is 18.6 Å². The lowest BCUT2D eigenvalue weighted by molar-refractivity contribution is 0.102. The second kappa shape index (κ2) is 4.65. The zero-order chi connectivity index (χ0) is 11.4. The van der Waals surface area contributed by atoms with E-state index in [9.17, 15) is 4.79 Å². The predicted molar refractivity (Wildman–Crippen MR) is 58.0 cm³/mol. The van der Waals surface area contributed by atoms with Gasteiger partial charge in [0.2, 0.25) is 5.78 Å². The summed E-state index contributed by atoms with van der Waals surface area (Å²) >= 11 is 0. The Morgan fingerprint density at radius 1 is 1.38 bits per heavy atom. The molecule has 0 N–H and O–H groups in total. The minimum atomic E-state index is -0.0687. The third-order valence-corrected chi connectivity index (χ3v) is 2.23. The Hall–Kier alpha value is -2.04. The van der Waals surface area contributed by atoms with Crippen LogP contribution in [0.3, 0.4) is 0 Å². The van der Waals surface area contributed by atoms with Crippen molar-refractivity contribution >= 4 is 5.78 Å². The fourth-order valence-electron chi connectivity index (χ4n) is 1.46. The van der Waals surface area contributed by atoms with E-state index >= 15 is 0 Å². The van der Waals surface area contributed by atoms with E-state index in [4.69, 9.17) is 0 Å². The smallest absolute Gasteiger partial charge is 0.212 e. The molecule has 16 heavy (non-hydrogen) atoms. The maximum atomic E-state index is 12.1. The molecule has 0 aliphatic carbocycles. The zero-order valence-corrected chi connectivity index (χ0v) is 9.00. The molecule has 82 valence electrons. The maximum Gasteiger partial charge on any atom is 0.212 e. The van der Waals surface area contributed by atoms with Gasteiger partial charge >= 0.3 is 0 Å². The van der Waals surface area contributed by atoms with E-state index in [1.807, 2.05) is 6.92 Å². The van der Waals surface area contributed by atoms with Gasteiger partial charge < -0.3 is 0 Å². The van der Waals surface area contributed by atoms with Gasteiger partial charge in [-0.1, -0.05) is 12.1 Å². The Morgan fingerprint density at radius 2 is 2.12 bits per heavy atom. The summed E-state index contributed by atoms with van der Waals surface area (Å²) in [6.45, 7) is 2.73. The Labute approximate surface area is 93.1 Å². The molecule has 0 bridgehead atoms. The van der Waals surface area contributed by atoms with Crippen LogP contribution in [0.5, 0.6) is 0 Å². The molecule has 0 aromatic carbocycles. The summed E-state index contributed by atoms with van der Waals surface area (Å²) in [5.74, 6) is -0.0687. The van der Waals surface area contributed by atoms with Gasteiger partial charge in [0.25, 0.3) is 0 Å². The highest BCUT2D eigenvalue weighted by atomic mass is 16.1. The maximum absolute atomic E-state index is 12.1. The van der Waals surface area contributed by atoms with Gasteiger partial charge in [-0.2, -0.15) is 0 Å². The Balaban J connectivity index is 2.31. The van der Waals surface area contributed by atoms with Crippen LogP contribution in [0.2, 0.25) is 0 Å². The number of pyridine rings is 1. The molecule has 2 heterocycles. The van der Waals surface area contributed by atoms with Gasteiger partial charge in [0.05, 0.1) is 6.20 Å². The molecule has 0 spiro atoms. The normalized spacial score (nSPS) is 10.3. The van der Waals surface area contributed by atoms with Crippen molar-refractivity contribution in [3.63, 3.8) is 0 Å². The number of aryl methyl sites for hydroxylation is 1. The van der Waals surface area contributed by atoms with Crippen molar-refractivity contribution in [1.82, 2.24) is 20.0 Å². The summed E-state index contributed by atoms with van der Waals surface area (Å²) in [5.41, 5.74) is 1.13. The average molecular weight is 216 g/mol. The molecule has 5 nitrogen and oxygen atoms in total. The molecule has 0 aliphatic heterocycles. The van der Waals surface area contributed by atoms with Crippen LogP contribution in [0.25, 0.3) is 0 Å². The Bertz CT molecular complexity index is 478. The second-order valence-corrected chi connectivity index (χ2v) is 3.41. The third-order valence-electron chi connectivity index (χ3n) is 2.23. The van der Waals surface area contributed by atoms with Crippen LogP contribution in [0.15, 0.2) is 30.7 Å². The molecule has 0 saturated heterocycles. The van der Waals surface area contributed by atoms with Crippen molar-refractivity contribution in [1.29, 1.82) is 0 Å². The number of hydrogen-bond donors (Lipinski definition) is 0. The fraction of sp³-hybridized carbons (Fsp3) is 0.273. The first kappa shape index (κ1) is 10.5. The van der Waals surface area contributed by atoms with Crippen LogP contribution in [0, 0.1) is 0 Å². The lowest BCUT2D eigenvalue weighted by Crippen LogP contribution is -2.11. The molecular weight excluding hydrogens is 204 g/mol. The van der Waals surface area contributed by atoms with Crippen molar-refractivity contribution in [2.75, 3.05) is 0 Å². The number of rotatable bonds is 4. The standard InChI is InChI=1S/C11H12N4O/c1-2-7-15-10(8-13-14-15)11(16)9-3-5-12-6-4-9/h3-6,8H,2,7H2,1H3. The summed E-state index contributed by atoms with van der Waals surface area (Å²) in [7, 11) is 0. The lowest BCUT2D eigenvalue weighted by Gasteiger charge is -2.03. The van der Waals surface area contributed by atoms with E-state index in [-0.39, 0.29) is 5.78 Å². The lowest BCUT2D eigenvalue weighted by atomic mass is 10.1. The van der Waals surface area contributed by atoms with Gasteiger partial charge in [-0.25, -0.2) is 4.68 Å². The minimum absolute atomic E-state index is 0.0687. The van der Waals surface area contributed by atoms with Crippen molar-refractivity contribution < 1.29 is 4.79 Å². The minimum Gasteiger partial charge on any atom is -0.287 e. The first-order valence-corrected chi connectivity index (χ1v) is 5.16. The van der Waals surface area contributed by atoms with Crippen LogP contribution in [-0.4, -0.2) is 25.8 Å². The number of carbonyl (C=O) groups excluding carboxylic acids is 1. The van der Waals surface area contributed by atoms with Gasteiger partial charge in [-0.3, -0.25) is 9.78 Å². The molecule has 0 atom stereocenters. The Kier molecular flexibility index (Phi) is 3.05. The summed E-state index contributed by atoms with van der Waals surface area (Å²) in [5, 5.41) is 7.65. The van der Waals surface area contributed by atoms with E-state index in [1.165, 1.54) is 6.20 Å². The van der Waals surface area contributed by atoms with Gasteiger partial charge in [-0.15, -0.1) is 5.10 Å². The van der Waals surface area contributed by atoms with Gasteiger partial charge in [0.1, 0.15) is 5.69 Å². The van der Waals surface area contributed by atoms with Gasteiger partial charge in [0.15, 0.2) is 0 Å². The number of carbonyl (C=O) groups is 1. The number of aromatic nitrogens is 4. The SMILES string of the molecule is CCCn1nncc1C(=O)c1ccncc1. The average Bonchev–Trinajstić information content (AvgIpc) is 2.78. The molecule has 2 rings (SSSR count). The van der Waals surface area contributed by atoms with E-state index in [0.29, 0.717) is 17.8 Å². The summed E-state index contributed by atoms with van der Waals surface area (Å²) in [6, 6.07) is 3.37. The molecule has 0 fully saturated rings. The van der Waals surface area contributed by atoms with E-state index in [0.717, 1.165) is 6.42 Å². The van der Waals surface area contributed by atoms with Crippen molar-refractivity contribution in [3.8, 4) is 0 Å². The molecule has 2 aromatic rings. The third kappa shape index (κ3) is 1.98. The largest absolute Gasteiger partial charge is 0.287 e. The molecule has 0 saturated carbocycles. The quantitative estimate of drug-likeness (QED) is 0.723. The highest BCUT2D eigenvalue weighted by Crippen LogP contribution is 2.07. The number of nitrogens with zero attached hydrogens (tertiary/aromatic N) is 4.